The normalized spacial score (nSPS) is 19.5. The molecule has 15 heavy (non-hydrogen) atoms. The van der Waals surface area contributed by atoms with Crippen molar-refractivity contribution in [2.45, 2.75) is 31.2 Å². The second kappa shape index (κ2) is 3.83. The van der Waals surface area contributed by atoms with Gasteiger partial charge in [0.1, 0.15) is 0 Å². The molecule has 0 radical (unpaired) electrons. The maximum atomic E-state index is 13.7. The Morgan fingerprint density at radius 1 is 1.13 bits per heavy atom. The molecule has 1 aliphatic rings. The van der Waals surface area contributed by atoms with E-state index in [1.807, 2.05) is 0 Å². The smallest absolute Gasteiger partial charge is 0.173 e. The van der Waals surface area contributed by atoms with Gasteiger partial charge in [0.05, 0.1) is 4.47 Å². The Morgan fingerprint density at radius 3 is 2.33 bits per heavy atom. The van der Waals surface area contributed by atoms with Crippen LogP contribution < -0.4 is 5.73 Å². The van der Waals surface area contributed by atoms with Crippen molar-refractivity contribution >= 4 is 15.9 Å². The molecule has 1 aromatic carbocycles. The van der Waals surface area contributed by atoms with E-state index in [0.29, 0.717) is 5.56 Å². The monoisotopic (exact) mass is 275 g/mol. The van der Waals surface area contributed by atoms with Gasteiger partial charge in [0.15, 0.2) is 11.6 Å². The molecule has 0 heterocycles. The van der Waals surface area contributed by atoms with Crippen molar-refractivity contribution in [3.05, 3.63) is 33.8 Å². The van der Waals surface area contributed by atoms with E-state index in [0.717, 1.165) is 25.7 Å². The molecule has 0 spiro atoms. The van der Waals surface area contributed by atoms with E-state index < -0.39 is 17.2 Å². The van der Waals surface area contributed by atoms with E-state index in [1.165, 1.54) is 6.07 Å². The predicted octanol–water partition coefficient (Wildman–Crippen LogP) is 3.46. The highest BCUT2D eigenvalue weighted by atomic mass is 79.9. The number of hydrogen-bond donors (Lipinski definition) is 1. The number of benzene rings is 1. The molecule has 1 nitrogen and oxygen atoms in total. The van der Waals surface area contributed by atoms with Gasteiger partial charge in [-0.2, -0.15) is 0 Å². The highest BCUT2D eigenvalue weighted by Crippen LogP contribution is 2.38. The number of nitrogens with two attached hydrogens (primary N) is 1. The van der Waals surface area contributed by atoms with E-state index in [1.54, 1.807) is 6.07 Å². The largest absolute Gasteiger partial charge is 0.321 e. The highest BCUT2D eigenvalue weighted by Gasteiger charge is 2.34. The molecule has 0 aromatic heterocycles. The maximum Gasteiger partial charge on any atom is 0.173 e. The molecule has 1 fully saturated rings. The fourth-order valence-electron chi connectivity index (χ4n) is 2.19. The summed E-state index contributed by atoms with van der Waals surface area (Å²) < 4.78 is 27.2. The lowest BCUT2D eigenvalue weighted by molar-refractivity contribution is 0.411. The topological polar surface area (TPSA) is 26.0 Å². The Kier molecular flexibility index (Phi) is 2.81. The fourth-order valence-corrected chi connectivity index (χ4v) is 2.49. The summed E-state index contributed by atoms with van der Waals surface area (Å²) in [6, 6.07) is 3.09. The quantitative estimate of drug-likeness (QED) is 0.781. The van der Waals surface area contributed by atoms with Crippen LogP contribution in [-0.2, 0) is 5.54 Å². The summed E-state index contributed by atoms with van der Waals surface area (Å²) in [7, 11) is 0. The molecule has 0 bridgehead atoms. The first-order chi connectivity index (χ1) is 7.04. The van der Waals surface area contributed by atoms with Gasteiger partial charge in [0, 0.05) is 11.1 Å². The number of halogens is 3. The predicted molar refractivity (Wildman–Crippen MR) is 58.4 cm³/mol. The Labute approximate surface area is 95.8 Å². The second-order valence-electron chi connectivity index (χ2n) is 4.09. The van der Waals surface area contributed by atoms with Gasteiger partial charge in [-0.05, 0) is 34.8 Å². The van der Waals surface area contributed by atoms with Gasteiger partial charge < -0.3 is 5.73 Å². The third-order valence-corrected chi connectivity index (χ3v) is 3.68. The third-order valence-electron chi connectivity index (χ3n) is 3.07. The molecule has 1 aliphatic carbocycles. The minimum Gasteiger partial charge on any atom is -0.321 e. The molecule has 1 saturated carbocycles. The third kappa shape index (κ3) is 1.81. The molecule has 1 aromatic rings. The zero-order valence-corrected chi connectivity index (χ0v) is 9.78. The van der Waals surface area contributed by atoms with Gasteiger partial charge in [-0.1, -0.05) is 18.9 Å². The van der Waals surface area contributed by atoms with Gasteiger partial charge >= 0.3 is 0 Å². The van der Waals surface area contributed by atoms with E-state index in [4.69, 9.17) is 5.73 Å². The van der Waals surface area contributed by atoms with Crippen molar-refractivity contribution < 1.29 is 8.78 Å². The molecule has 0 unspecified atom stereocenters. The van der Waals surface area contributed by atoms with Gasteiger partial charge in [-0.3, -0.25) is 0 Å². The van der Waals surface area contributed by atoms with Gasteiger partial charge in [0.2, 0.25) is 0 Å². The summed E-state index contributed by atoms with van der Waals surface area (Å²) in [5.41, 5.74) is 5.71. The summed E-state index contributed by atoms with van der Waals surface area (Å²) in [5, 5.41) is 0. The average molecular weight is 276 g/mol. The summed E-state index contributed by atoms with van der Waals surface area (Å²) in [6.45, 7) is 0. The number of rotatable bonds is 1. The van der Waals surface area contributed by atoms with Crippen LogP contribution in [0.25, 0.3) is 0 Å². The van der Waals surface area contributed by atoms with E-state index in [2.05, 4.69) is 15.9 Å². The lowest BCUT2D eigenvalue weighted by atomic mass is 9.89. The van der Waals surface area contributed by atoms with Crippen LogP contribution in [0.2, 0.25) is 0 Å². The Balaban J connectivity index is 2.49. The summed E-state index contributed by atoms with van der Waals surface area (Å²) >= 11 is 2.95. The first-order valence-electron chi connectivity index (χ1n) is 4.97. The van der Waals surface area contributed by atoms with Crippen molar-refractivity contribution in [2.24, 2.45) is 5.73 Å². The Bertz CT molecular complexity index is 386. The first kappa shape index (κ1) is 11.0. The van der Waals surface area contributed by atoms with Crippen LogP contribution >= 0.6 is 15.9 Å². The van der Waals surface area contributed by atoms with Crippen molar-refractivity contribution in [3.8, 4) is 0 Å². The van der Waals surface area contributed by atoms with Crippen LogP contribution in [0.1, 0.15) is 31.2 Å². The highest BCUT2D eigenvalue weighted by molar-refractivity contribution is 9.10. The standard InChI is InChI=1S/C11H12BrF2N/c12-8-4-3-7(9(13)10(8)14)11(15)5-1-2-6-11/h3-4H,1-2,5-6,15H2. The van der Waals surface area contributed by atoms with E-state index >= 15 is 0 Å². The van der Waals surface area contributed by atoms with Crippen LogP contribution in [0, 0.1) is 11.6 Å². The zero-order valence-electron chi connectivity index (χ0n) is 8.19. The van der Waals surface area contributed by atoms with Gasteiger partial charge in [0.25, 0.3) is 0 Å². The molecule has 2 rings (SSSR count). The SMILES string of the molecule is NC1(c2ccc(Br)c(F)c2F)CCCC1. The summed E-state index contributed by atoms with van der Waals surface area (Å²) in [5.74, 6) is -1.65. The zero-order chi connectivity index (χ0) is 11.1. The van der Waals surface area contributed by atoms with Crippen LogP contribution in [0.5, 0.6) is 0 Å². The molecule has 0 atom stereocenters. The van der Waals surface area contributed by atoms with Crippen molar-refractivity contribution in [1.29, 1.82) is 0 Å². The molecule has 82 valence electrons. The van der Waals surface area contributed by atoms with Crippen LogP contribution in [-0.4, -0.2) is 0 Å². The molecule has 0 amide bonds. The minimum absolute atomic E-state index is 0.144. The summed E-state index contributed by atoms with van der Waals surface area (Å²) in [6.07, 6.45) is 3.41. The van der Waals surface area contributed by atoms with Crippen LogP contribution in [0.15, 0.2) is 16.6 Å². The van der Waals surface area contributed by atoms with Gasteiger partial charge in [-0.15, -0.1) is 0 Å². The van der Waals surface area contributed by atoms with E-state index in [-0.39, 0.29) is 4.47 Å². The second-order valence-corrected chi connectivity index (χ2v) is 4.94. The van der Waals surface area contributed by atoms with Crippen molar-refractivity contribution in [3.63, 3.8) is 0 Å². The van der Waals surface area contributed by atoms with Crippen molar-refractivity contribution in [1.82, 2.24) is 0 Å². The lowest BCUT2D eigenvalue weighted by Gasteiger charge is -2.24. The molecular formula is C11H12BrF2N. The Morgan fingerprint density at radius 2 is 1.73 bits per heavy atom. The average Bonchev–Trinajstić information content (AvgIpc) is 2.62. The summed E-state index contributed by atoms with van der Waals surface area (Å²) in [4.78, 5) is 0. The lowest BCUT2D eigenvalue weighted by Crippen LogP contribution is -2.34. The Hall–Kier alpha value is -0.480. The first-order valence-corrected chi connectivity index (χ1v) is 5.77. The molecule has 0 aliphatic heterocycles. The van der Waals surface area contributed by atoms with Crippen molar-refractivity contribution in [2.75, 3.05) is 0 Å². The molecular weight excluding hydrogens is 264 g/mol. The van der Waals surface area contributed by atoms with Crippen LogP contribution in [0.4, 0.5) is 8.78 Å². The van der Waals surface area contributed by atoms with Gasteiger partial charge in [-0.25, -0.2) is 8.78 Å². The fraction of sp³-hybridized carbons (Fsp3) is 0.455. The maximum absolute atomic E-state index is 13.7. The van der Waals surface area contributed by atoms with Crippen LogP contribution in [0.3, 0.4) is 0 Å². The van der Waals surface area contributed by atoms with E-state index in [9.17, 15) is 8.78 Å². The number of hydrogen-bond acceptors (Lipinski definition) is 1. The molecule has 0 saturated heterocycles. The molecule has 2 N–H and O–H groups in total. The molecule has 4 heteroatoms. The minimum atomic E-state index is -0.843.